The number of hydrogen-bond donors (Lipinski definition) is 2. The lowest BCUT2D eigenvalue weighted by molar-refractivity contribution is 0.0953. The van der Waals surface area contributed by atoms with E-state index in [0.29, 0.717) is 24.5 Å². The van der Waals surface area contributed by atoms with Crippen LogP contribution in [0.15, 0.2) is 53.6 Å². The van der Waals surface area contributed by atoms with E-state index in [4.69, 9.17) is 10.6 Å². The van der Waals surface area contributed by atoms with E-state index in [1.807, 2.05) is 4.57 Å². The third-order valence-corrected chi connectivity index (χ3v) is 2.71. The number of amides is 1. The average molecular weight is 273 g/mol. The van der Waals surface area contributed by atoms with Crippen LogP contribution in [-0.4, -0.2) is 17.1 Å². The van der Waals surface area contributed by atoms with Crippen LogP contribution in [-0.2, 0) is 6.54 Å². The molecule has 3 N–H and O–H groups in total. The molecule has 0 saturated carbocycles. The van der Waals surface area contributed by atoms with E-state index in [0.717, 1.165) is 0 Å². The van der Waals surface area contributed by atoms with Gasteiger partial charge >= 0.3 is 0 Å². The van der Waals surface area contributed by atoms with Crippen LogP contribution in [0.3, 0.4) is 0 Å². The summed E-state index contributed by atoms with van der Waals surface area (Å²) in [5, 5.41) is 0. The molecule has 1 amide bonds. The van der Waals surface area contributed by atoms with E-state index < -0.39 is 0 Å². The van der Waals surface area contributed by atoms with Crippen molar-refractivity contribution in [3.05, 3.63) is 64.6 Å². The molecular weight excluding hydrogens is 258 g/mol. The van der Waals surface area contributed by atoms with Crippen molar-refractivity contribution in [1.29, 1.82) is 0 Å². The standard InChI is InChI=1S/C14H15N3O3/c15-16-14(19)11-2-1-3-13(10-11)20-9-8-17-6-4-12(18)5-7-17/h1-7,10H,8-9,15H2,(H,16,19). The Morgan fingerprint density at radius 3 is 2.70 bits per heavy atom. The number of nitrogens with two attached hydrogens (primary N) is 1. The van der Waals surface area contributed by atoms with Crippen molar-refractivity contribution in [3.8, 4) is 5.75 Å². The Hall–Kier alpha value is -2.60. The first-order valence-corrected chi connectivity index (χ1v) is 6.09. The summed E-state index contributed by atoms with van der Waals surface area (Å²) in [6, 6.07) is 9.74. The highest BCUT2D eigenvalue weighted by atomic mass is 16.5. The molecule has 0 spiro atoms. The highest BCUT2D eigenvalue weighted by molar-refractivity contribution is 5.94. The van der Waals surface area contributed by atoms with Crippen LogP contribution in [0.25, 0.3) is 0 Å². The van der Waals surface area contributed by atoms with Crippen molar-refractivity contribution < 1.29 is 9.53 Å². The third-order valence-electron chi connectivity index (χ3n) is 2.71. The fraction of sp³-hybridized carbons (Fsp3) is 0.143. The summed E-state index contributed by atoms with van der Waals surface area (Å²) in [5.74, 6) is 5.30. The van der Waals surface area contributed by atoms with Gasteiger partial charge in [0.1, 0.15) is 12.4 Å². The van der Waals surface area contributed by atoms with Gasteiger partial charge in [-0.1, -0.05) is 6.07 Å². The maximum atomic E-state index is 11.4. The highest BCUT2D eigenvalue weighted by Gasteiger charge is 2.04. The Morgan fingerprint density at radius 2 is 2.00 bits per heavy atom. The second-order valence-corrected chi connectivity index (χ2v) is 4.12. The first-order valence-electron chi connectivity index (χ1n) is 6.09. The SMILES string of the molecule is NNC(=O)c1cccc(OCCn2ccc(=O)cc2)c1. The minimum absolute atomic E-state index is 0.0253. The number of benzene rings is 1. The van der Waals surface area contributed by atoms with Gasteiger partial charge in [0.15, 0.2) is 5.43 Å². The number of hydrazine groups is 1. The van der Waals surface area contributed by atoms with Crippen molar-refractivity contribution in [3.63, 3.8) is 0 Å². The molecule has 104 valence electrons. The molecule has 6 heteroatoms. The van der Waals surface area contributed by atoms with Crippen molar-refractivity contribution in [2.24, 2.45) is 5.84 Å². The summed E-state index contributed by atoms with van der Waals surface area (Å²) in [6.07, 6.45) is 3.40. The third kappa shape index (κ3) is 3.69. The van der Waals surface area contributed by atoms with Crippen LogP contribution in [0.5, 0.6) is 5.75 Å². The number of nitrogens with one attached hydrogen (secondary N) is 1. The molecule has 1 heterocycles. The maximum absolute atomic E-state index is 11.4. The second-order valence-electron chi connectivity index (χ2n) is 4.12. The summed E-state index contributed by atoms with van der Waals surface area (Å²) in [7, 11) is 0. The Morgan fingerprint density at radius 1 is 1.25 bits per heavy atom. The van der Waals surface area contributed by atoms with E-state index >= 15 is 0 Å². The van der Waals surface area contributed by atoms with Crippen LogP contribution < -0.4 is 21.4 Å². The monoisotopic (exact) mass is 273 g/mol. The van der Waals surface area contributed by atoms with Crippen LogP contribution >= 0.6 is 0 Å². The molecule has 0 bridgehead atoms. The van der Waals surface area contributed by atoms with Gasteiger partial charge in [0.2, 0.25) is 0 Å². The van der Waals surface area contributed by atoms with E-state index in [1.165, 1.54) is 12.1 Å². The topological polar surface area (TPSA) is 86.3 Å². The van der Waals surface area contributed by atoms with Gasteiger partial charge in [0.25, 0.3) is 5.91 Å². The summed E-state index contributed by atoms with van der Waals surface area (Å²) in [6.45, 7) is 1.03. The largest absolute Gasteiger partial charge is 0.492 e. The van der Waals surface area contributed by atoms with E-state index in [2.05, 4.69) is 5.43 Å². The fourth-order valence-corrected chi connectivity index (χ4v) is 1.67. The van der Waals surface area contributed by atoms with Gasteiger partial charge in [-0.2, -0.15) is 0 Å². The molecule has 0 radical (unpaired) electrons. The summed E-state index contributed by atoms with van der Waals surface area (Å²) >= 11 is 0. The van der Waals surface area contributed by atoms with Gasteiger partial charge < -0.3 is 9.30 Å². The molecule has 20 heavy (non-hydrogen) atoms. The quantitative estimate of drug-likeness (QED) is 0.472. The number of hydrogen-bond acceptors (Lipinski definition) is 4. The van der Waals surface area contributed by atoms with Crippen molar-refractivity contribution in [1.82, 2.24) is 9.99 Å². The zero-order chi connectivity index (χ0) is 14.4. The number of rotatable bonds is 5. The highest BCUT2D eigenvalue weighted by Crippen LogP contribution is 2.13. The van der Waals surface area contributed by atoms with Gasteiger partial charge in [-0.15, -0.1) is 0 Å². The zero-order valence-electron chi connectivity index (χ0n) is 10.8. The lowest BCUT2D eigenvalue weighted by Gasteiger charge is -2.09. The lowest BCUT2D eigenvalue weighted by Crippen LogP contribution is -2.29. The molecule has 1 aromatic carbocycles. The van der Waals surface area contributed by atoms with Crippen molar-refractivity contribution in [2.45, 2.75) is 6.54 Å². The predicted molar refractivity (Wildman–Crippen MR) is 74.3 cm³/mol. The molecule has 6 nitrogen and oxygen atoms in total. The minimum atomic E-state index is -0.365. The van der Waals surface area contributed by atoms with E-state index in [-0.39, 0.29) is 11.3 Å². The molecule has 0 unspecified atom stereocenters. The van der Waals surface area contributed by atoms with E-state index in [9.17, 15) is 9.59 Å². The van der Waals surface area contributed by atoms with Gasteiger partial charge in [0, 0.05) is 30.1 Å². The summed E-state index contributed by atoms with van der Waals surface area (Å²) in [4.78, 5) is 22.3. The number of carbonyl (C=O) groups excluding carboxylic acids is 1. The van der Waals surface area contributed by atoms with Gasteiger partial charge in [0.05, 0.1) is 6.54 Å². The number of nitrogen functional groups attached to an aromatic ring is 1. The number of pyridine rings is 1. The molecule has 0 aliphatic heterocycles. The first-order chi connectivity index (χ1) is 9.69. The Balaban J connectivity index is 1.92. The first kappa shape index (κ1) is 13.8. The maximum Gasteiger partial charge on any atom is 0.265 e. The molecule has 2 rings (SSSR count). The normalized spacial score (nSPS) is 10.1. The molecule has 0 atom stereocenters. The van der Waals surface area contributed by atoms with Crippen LogP contribution in [0.4, 0.5) is 0 Å². The molecule has 2 aromatic rings. The van der Waals surface area contributed by atoms with Crippen LogP contribution in [0.2, 0.25) is 0 Å². The molecule has 0 aliphatic carbocycles. The summed E-state index contributed by atoms with van der Waals surface area (Å²) < 4.78 is 7.40. The van der Waals surface area contributed by atoms with Crippen LogP contribution in [0, 0.1) is 0 Å². The predicted octanol–water partition coefficient (Wildman–Crippen LogP) is 0.531. The molecule has 0 aliphatic rings. The van der Waals surface area contributed by atoms with Crippen LogP contribution in [0.1, 0.15) is 10.4 Å². The second kappa shape index (κ2) is 6.53. The minimum Gasteiger partial charge on any atom is -0.492 e. The van der Waals surface area contributed by atoms with Crippen molar-refractivity contribution >= 4 is 5.91 Å². The fourth-order valence-electron chi connectivity index (χ4n) is 1.67. The number of nitrogens with zero attached hydrogens (tertiary/aromatic N) is 1. The Labute approximate surface area is 115 Å². The molecule has 1 aromatic heterocycles. The van der Waals surface area contributed by atoms with Gasteiger partial charge in [-0.3, -0.25) is 15.0 Å². The molecule has 0 saturated heterocycles. The average Bonchev–Trinajstić information content (AvgIpc) is 2.49. The smallest absolute Gasteiger partial charge is 0.265 e. The van der Waals surface area contributed by atoms with Gasteiger partial charge in [-0.05, 0) is 18.2 Å². The van der Waals surface area contributed by atoms with Gasteiger partial charge in [-0.25, -0.2) is 5.84 Å². The molecule has 0 fully saturated rings. The van der Waals surface area contributed by atoms with Crippen molar-refractivity contribution in [2.75, 3.05) is 6.61 Å². The number of ether oxygens (including phenoxy) is 1. The Kier molecular flexibility index (Phi) is 4.52. The Bertz CT molecular complexity index is 632. The number of aromatic nitrogens is 1. The van der Waals surface area contributed by atoms with E-state index in [1.54, 1.807) is 36.7 Å². The summed E-state index contributed by atoms with van der Waals surface area (Å²) in [5.41, 5.74) is 2.48. The molecular formula is C14H15N3O3. The lowest BCUT2D eigenvalue weighted by atomic mass is 10.2. The zero-order valence-corrected chi connectivity index (χ0v) is 10.8. The number of carbonyl (C=O) groups is 1.